The normalized spacial score (nSPS) is 15.5. The lowest BCUT2D eigenvalue weighted by molar-refractivity contribution is 0.341. The molecule has 3 aromatic rings. The molecule has 1 N–H and O–H groups in total. The van der Waals surface area contributed by atoms with E-state index in [4.69, 9.17) is 4.74 Å². The number of pyridine rings is 1. The van der Waals surface area contributed by atoms with Gasteiger partial charge in [0.05, 0.1) is 12.9 Å². The zero-order chi connectivity index (χ0) is 20.6. The van der Waals surface area contributed by atoms with E-state index in [2.05, 4.69) is 9.97 Å². The first kappa shape index (κ1) is 19.6. The Balaban J connectivity index is 1.76. The molecular weight excluding hydrogens is 393 g/mol. The molecule has 152 valence electrons. The van der Waals surface area contributed by atoms with Crippen molar-refractivity contribution in [1.82, 2.24) is 14.3 Å². The summed E-state index contributed by atoms with van der Waals surface area (Å²) < 4.78 is 44.5. The first-order valence-electron chi connectivity index (χ1n) is 9.42. The Kier molecular flexibility index (Phi) is 5.14. The summed E-state index contributed by atoms with van der Waals surface area (Å²) in [5.74, 6) is 0.282. The number of nitrogens with one attached hydrogen (secondary N) is 1. The molecule has 0 atom stereocenters. The van der Waals surface area contributed by atoms with E-state index >= 15 is 0 Å². The lowest BCUT2D eigenvalue weighted by atomic mass is 10.0. The van der Waals surface area contributed by atoms with Gasteiger partial charge in [0.1, 0.15) is 17.2 Å². The molecule has 0 radical (unpaired) electrons. The number of aromatic nitrogens is 2. The van der Waals surface area contributed by atoms with E-state index in [0.29, 0.717) is 43.1 Å². The van der Waals surface area contributed by atoms with Gasteiger partial charge in [-0.2, -0.15) is 4.31 Å². The van der Waals surface area contributed by atoms with Crippen LogP contribution in [-0.2, 0) is 10.0 Å². The number of fused-ring (bicyclic) bond motifs is 1. The van der Waals surface area contributed by atoms with Gasteiger partial charge in [-0.3, -0.25) is 0 Å². The van der Waals surface area contributed by atoms with Gasteiger partial charge in [0, 0.05) is 35.9 Å². The third-order valence-corrected chi connectivity index (χ3v) is 6.32. The smallest absolute Gasteiger partial charge is 0.211 e. The van der Waals surface area contributed by atoms with E-state index in [0.717, 1.165) is 22.2 Å². The molecule has 29 heavy (non-hydrogen) atoms. The number of ether oxygens (including phenoxy) is 1. The van der Waals surface area contributed by atoms with Crippen LogP contribution < -0.4 is 4.74 Å². The average molecular weight is 415 g/mol. The fourth-order valence-corrected chi connectivity index (χ4v) is 4.39. The third-order valence-electron chi connectivity index (χ3n) is 5.05. The molecule has 4 rings (SSSR count). The number of hydrogen-bond acceptors (Lipinski definition) is 4. The van der Waals surface area contributed by atoms with Crippen LogP contribution in [0.2, 0.25) is 0 Å². The summed E-state index contributed by atoms with van der Waals surface area (Å²) in [5, 5.41) is 0.862. The van der Waals surface area contributed by atoms with E-state index in [1.165, 1.54) is 22.7 Å². The van der Waals surface area contributed by atoms with Gasteiger partial charge in [-0.25, -0.2) is 17.8 Å². The molecule has 0 saturated heterocycles. The Morgan fingerprint density at radius 2 is 2.07 bits per heavy atom. The summed E-state index contributed by atoms with van der Waals surface area (Å²) in [7, 11) is -3.20. The Hall–Kier alpha value is -2.71. The van der Waals surface area contributed by atoms with Crippen LogP contribution in [0.5, 0.6) is 5.75 Å². The highest BCUT2D eigenvalue weighted by molar-refractivity contribution is 7.88. The van der Waals surface area contributed by atoms with E-state index < -0.39 is 10.0 Å². The summed E-state index contributed by atoms with van der Waals surface area (Å²) >= 11 is 0. The number of rotatable bonds is 5. The fourth-order valence-electron chi connectivity index (χ4n) is 3.63. The fraction of sp³-hybridized carbons (Fsp3) is 0.286. The number of benzene rings is 1. The molecular formula is C21H22FN3O3S. The van der Waals surface area contributed by atoms with Crippen molar-refractivity contribution in [2.45, 2.75) is 13.3 Å². The maximum atomic E-state index is 14.0. The Morgan fingerprint density at radius 1 is 1.24 bits per heavy atom. The highest BCUT2D eigenvalue weighted by Gasteiger charge is 2.21. The minimum absolute atomic E-state index is 0.333. The second-order valence-electron chi connectivity index (χ2n) is 6.98. The van der Waals surface area contributed by atoms with E-state index in [1.54, 1.807) is 12.3 Å². The summed E-state index contributed by atoms with van der Waals surface area (Å²) in [6.07, 6.45) is 5.43. The lowest BCUT2D eigenvalue weighted by Gasteiger charge is -2.23. The Morgan fingerprint density at radius 3 is 2.76 bits per heavy atom. The summed E-state index contributed by atoms with van der Waals surface area (Å²) in [6.45, 7) is 3.16. The number of aromatic amines is 1. The SMILES string of the molecule is CCOc1ccc(F)cc1-c1ccnc2[nH]c(C3=CCN(S(C)(=O)=O)CC3)cc12. The molecule has 0 unspecified atom stereocenters. The highest BCUT2D eigenvalue weighted by Crippen LogP contribution is 2.36. The summed E-state index contributed by atoms with van der Waals surface area (Å²) in [4.78, 5) is 7.72. The molecule has 8 heteroatoms. The zero-order valence-electron chi connectivity index (χ0n) is 16.3. The number of hydrogen-bond donors (Lipinski definition) is 1. The first-order chi connectivity index (χ1) is 13.9. The number of sulfonamides is 1. The van der Waals surface area contributed by atoms with Gasteiger partial charge in [0.25, 0.3) is 0 Å². The molecule has 6 nitrogen and oxygen atoms in total. The van der Waals surface area contributed by atoms with E-state index in [1.807, 2.05) is 25.1 Å². The lowest BCUT2D eigenvalue weighted by Crippen LogP contribution is -2.33. The molecule has 1 aliphatic heterocycles. The Labute approximate surface area is 169 Å². The van der Waals surface area contributed by atoms with Crippen LogP contribution in [0, 0.1) is 5.82 Å². The van der Waals surface area contributed by atoms with Crippen LogP contribution in [-0.4, -0.2) is 48.6 Å². The van der Waals surface area contributed by atoms with Crippen molar-refractivity contribution < 1.29 is 17.5 Å². The van der Waals surface area contributed by atoms with E-state index in [-0.39, 0.29) is 5.82 Å². The molecule has 0 amide bonds. The van der Waals surface area contributed by atoms with Crippen LogP contribution in [0.3, 0.4) is 0 Å². The van der Waals surface area contributed by atoms with Crippen LogP contribution in [0.15, 0.2) is 42.6 Å². The van der Waals surface area contributed by atoms with Crippen molar-refractivity contribution in [3.05, 3.63) is 54.1 Å². The van der Waals surface area contributed by atoms with Crippen molar-refractivity contribution >= 4 is 26.6 Å². The molecule has 1 aromatic carbocycles. The topological polar surface area (TPSA) is 75.3 Å². The quantitative estimate of drug-likeness (QED) is 0.688. The molecule has 0 saturated carbocycles. The molecule has 1 aliphatic rings. The van der Waals surface area contributed by atoms with Gasteiger partial charge in [0.2, 0.25) is 10.0 Å². The van der Waals surface area contributed by atoms with Crippen molar-refractivity contribution in [1.29, 1.82) is 0 Å². The highest BCUT2D eigenvalue weighted by atomic mass is 32.2. The maximum Gasteiger partial charge on any atom is 0.211 e. The maximum absolute atomic E-state index is 14.0. The predicted molar refractivity (Wildman–Crippen MR) is 112 cm³/mol. The summed E-state index contributed by atoms with van der Waals surface area (Å²) in [6, 6.07) is 8.32. The van der Waals surface area contributed by atoms with Gasteiger partial charge < -0.3 is 9.72 Å². The van der Waals surface area contributed by atoms with Gasteiger partial charge in [0.15, 0.2) is 0 Å². The van der Waals surface area contributed by atoms with Crippen LogP contribution >= 0.6 is 0 Å². The van der Waals surface area contributed by atoms with Gasteiger partial charge >= 0.3 is 0 Å². The molecule has 0 spiro atoms. The van der Waals surface area contributed by atoms with Crippen LogP contribution in [0.1, 0.15) is 19.0 Å². The number of halogens is 1. The molecule has 3 heterocycles. The predicted octanol–water partition coefficient (Wildman–Crippen LogP) is 3.82. The monoisotopic (exact) mass is 415 g/mol. The second-order valence-corrected chi connectivity index (χ2v) is 8.96. The molecule has 0 fully saturated rings. The minimum atomic E-state index is -3.20. The first-order valence-corrected chi connectivity index (χ1v) is 11.3. The number of nitrogens with zero attached hydrogens (tertiary/aromatic N) is 2. The zero-order valence-corrected chi connectivity index (χ0v) is 17.1. The van der Waals surface area contributed by atoms with Gasteiger partial charge in [-0.1, -0.05) is 6.08 Å². The molecule has 0 aliphatic carbocycles. The third kappa shape index (κ3) is 3.90. The van der Waals surface area contributed by atoms with E-state index in [9.17, 15) is 12.8 Å². The number of H-pyrrole nitrogens is 1. The van der Waals surface area contributed by atoms with Crippen LogP contribution in [0.25, 0.3) is 27.7 Å². The molecule has 2 aromatic heterocycles. The largest absolute Gasteiger partial charge is 0.493 e. The summed E-state index contributed by atoms with van der Waals surface area (Å²) in [5.41, 5.74) is 4.12. The average Bonchev–Trinajstić information content (AvgIpc) is 3.13. The van der Waals surface area contributed by atoms with Crippen molar-refractivity contribution in [3.63, 3.8) is 0 Å². The standard InChI is InChI=1S/C21H22FN3O3S/c1-3-28-20-5-4-15(22)12-17(20)16-6-9-23-21-18(16)13-19(24-21)14-7-10-25(11-8-14)29(2,26)27/h4-7,9,12-13H,3,8,10-11H2,1-2H3,(H,23,24). The van der Waals surface area contributed by atoms with Crippen molar-refractivity contribution in [2.75, 3.05) is 26.0 Å². The molecule has 0 bridgehead atoms. The Bertz CT molecular complexity index is 1200. The minimum Gasteiger partial charge on any atom is -0.493 e. The van der Waals surface area contributed by atoms with Crippen LogP contribution in [0.4, 0.5) is 4.39 Å². The van der Waals surface area contributed by atoms with Crippen molar-refractivity contribution in [2.24, 2.45) is 0 Å². The van der Waals surface area contributed by atoms with Gasteiger partial charge in [-0.15, -0.1) is 0 Å². The van der Waals surface area contributed by atoms with Gasteiger partial charge in [-0.05, 0) is 54.8 Å². The van der Waals surface area contributed by atoms with Crippen molar-refractivity contribution in [3.8, 4) is 16.9 Å². The second kappa shape index (κ2) is 7.61.